The van der Waals surface area contributed by atoms with Crippen LogP contribution in [0.3, 0.4) is 0 Å². The number of rotatable bonds is 7. The summed E-state index contributed by atoms with van der Waals surface area (Å²) in [5.74, 6) is -3.19. The Bertz CT molecular complexity index is 776. The topological polar surface area (TPSA) is 222 Å². The van der Waals surface area contributed by atoms with E-state index >= 15 is 0 Å². The highest BCUT2D eigenvalue weighted by Crippen LogP contribution is 2.36. The highest BCUT2D eigenvalue weighted by Gasteiger charge is 2.59. The fourth-order valence-electron chi connectivity index (χ4n) is 3.49. The largest absolute Gasteiger partial charge is 0.456 e. The maximum absolute atomic E-state index is 12.4. The smallest absolute Gasteiger partial charge is 0.338 e. The van der Waals surface area contributed by atoms with E-state index in [-0.39, 0.29) is 5.56 Å². The number of aliphatic hydroxyl groups excluding tert-OH is 7. The Morgan fingerprint density at radius 2 is 1.56 bits per heavy atom. The van der Waals surface area contributed by atoms with Crippen LogP contribution in [0.15, 0.2) is 24.3 Å². The maximum atomic E-state index is 12.4. The summed E-state index contributed by atoms with van der Waals surface area (Å²) < 4.78 is 21.4. The molecule has 9 N–H and O–H groups in total. The van der Waals surface area contributed by atoms with Crippen molar-refractivity contribution in [2.45, 2.75) is 54.8 Å². The molecule has 2 saturated heterocycles. The molecule has 0 unspecified atom stereocenters. The van der Waals surface area contributed by atoms with Gasteiger partial charge < -0.3 is 60.4 Å². The lowest BCUT2D eigenvalue weighted by Crippen LogP contribution is -2.62. The Kier molecular flexibility index (Phi) is 7.67. The Balaban J connectivity index is 1.82. The molecule has 0 saturated carbocycles. The zero-order chi connectivity index (χ0) is 23.6. The van der Waals surface area contributed by atoms with Crippen molar-refractivity contribution in [3.8, 4) is 0 Å². The number of esters is 1. The minimum absolute atomic E-state index is 0.105. The van der Waals surface area contributed by atoms with E-state index in [0.29, 0.717) is 5.69 Å². The first kappa shape index (κ1) is 24.7. The molecule has 0 amide bonds. The van der Waals surface area contributed by atoms with Gasteiger partial charge in [-0.25, -0.2) is 4.79 Å². The van der Waals surface area contributed by atoms with Gasteiger partial charge in [0.2, 0.25) is 5.79 Å². The van der Waals surface area contributed by atoms with Crippen LogP contribution in [0.5, 0.6) is 0 Å². The van der Waals surface area contributed by atoms with Gasteiger partial charge in [0.1, 0.15) is 49.3 Å². The summed E-state index contributed by atoms with van der Waals surface area (Å²) in [6.07, 6.45) is -13.3. The molecule has 0 aromatic heterocycles. The number of carbonyl (C=O) groups excluding carboxylic acids is 1. The molecular formula is C19H27NO12. The lowest BCUT2D eigenvalue weighted by atomic mass is 9.99. The number of hydrogen-bond acceptors (Lipinski definition) is 13. The van der Waals surface area contributed by atoms with Gasteiger partial charge in [-0.2, -0.15) is 0 Å². The van der Waals surface area contributed by atoms with Crippen LogP contribution in [0, 0.1) is 0 Å². The Morgan fingerprint density at radius 1 is 0.938 bits per heavy atom. The lowest BCUT2D eigenvalue weighted by Gasteiger charge is -2.43. The molecule has 2 heterocycles. The van der Waals surface area contributed by atoms with Crippen LogP contribution in [0.2, 0.25) is 0 Å². The Hall–Kier alpha value is -1.91. The van der Waals surface area contributed by atoms with Crippen molar-refractivity contribution in [3.05, 3.63) is 29.8 Å². The van der Waals surface area contributed by atoms with Crippen LogP contribution in [0.1, 0.15) is 10.4 Å². The van der Waals surface area contributed by atoms with E-state index in [1.165, 1.54) is 24.3 Å². The zero-order valence-corrected chi connectivity index (χ0v) is 16.8. The predicted molar refractivity (Wildman–Crippen MR) is 103 cm³/mol. The van der Waals surface area contributed by atoms with Crippen molar-refractivity contribution in [2.75, 3.05) is 25.6 Å². The first-order valence-electron chi connectivity index (χ1n) is 9.79. The van der Waals surface area contributed by atoms with E-state index in [9.17, 15) is 40.5 Å². The van der Waals surface area contributed by atoms with Gasteiger partial charge in [0.05, 0.1) is 18.8 Å². The van der Waals surface area contributed by atoms with Crippen LogP contribution >= 0.6 is 0 Å². The molecule has 32 heavy (non-hydrogen) atoms. The van der Waals surface area contributed by atoms with E-state index < -0.39 is 80.6 Å². The molecule has 1 aromatic carbocycles. The van der Waals surface area contributed by atoms with Crippen molar-refractivity contribution in [1.29, 1.82) is 0 Å². The van der Waals surface area contributed by atoms with Gasteiger partial charge >= 0.3 is 5.97 Å². The van der Waals surface area contributed by atoms with E-state index in [0.717, 1.165) is 0 Å². The second-order valence-corrected chi connectivity index (χ2v) is 7.60. The third-order valence-electron chi connectivity index (χ3n) is 5.40. The summed E-state index contributed by atoms with van der Waals surface area (Å²) in [5.41, 5.74) is 6.09. The third-order valence-corrected chi connectivity index (χ3v) is 5.40. The van der Waals surface area contributed by atoms with Crippen LogP contribution < -0.4 is 5.73 Å². The van der Waals surface area contributed by atoms with Gasteiger partial charge in [-0.1, -0.05) is 0 Å². The average Bonchev–Trinajstić information content (AvgIpc) is 3.03. The normalized spacial score (nSPS) is 39.7. The summed E-state index contributed by atoms with van der Waals surface area (Å²) in [4.78, 5) is 12.4. The van der Waals surface area contributed by atoms with Gasteiger partial charge in [0, 0.05) is 5.69 Å². The van der Waals surface area contributed by atoms with Gasteiger partial charge in [0.25, 0.3) is 0 Å². The maximum Gasteiger partial charge on any atom is 0.338 e. The number of anilines is 1. The van der Waals surface area contributed by atoms with Crippen molar-refractivity contribution in [2.24, 2.45) is 0 Å². The van der Waals surface area contributed by atoms with Crippen molar-refractivity contribution < 1.29 is 59.5 Å². The fourth-order valence-corrected chi connectivity index (χ4v) is 3.49. The number of aliphatic hydroxyl groups is 7. The van der Waals surface area contributed by atoms with Gasteiger partial charge in [-0.05, 0) is 24.3 Å². The number of ether oxygens (including phenoxy) is 4. The van der Waals surface area contributed by atoms with Gasteiger partial charge in [-0.3, -0.25) is 0 Å². The minimum atomic E-state index is -2.33. The highest BCUT2D eigenvalue weighted by molar-refractivity contribution is 5.89. The van der Waals surface area contributed by atoms with Crippen LogP contribution in [0.4, 0.5) is 5.69 Å². The molecule has 3 rings (SSSR count). The van der Waals surface area contributed by atoms with E-state index in [2.05, 4.69) is 0 Å². The molecule has 13 heteroatoms. The van der Waals surface area contributed by atoms with E-state index in [4.69, 9.17) is 24.7 Å². The molecule has 2 aliphatic heterocycles. The van der Waals surface area contributed by atoms with Crippen LogP contribution in [-0.2, 0) is 18.9 Å². The van der Waals surface area contributed by atoms with Crippen molar-refractivity contribution in [1.82, 2.24) is 0 Å². The zero-order valence-electron chi connectivity index (χ0n) is 16.8. The molecule has 0 radical (unpaired) electrons. The Morgan fingerprint density at radius 3 is 2.12 bits per heavy atom. The van der Waals surface area contributed by atoms with Crippen LogP contribution in [0.25, 0.3) is 0 Å². The molecule has 1 aromatic rings. The quantitative estimate of drug-likeness (QED) is 0.144. The fraction of sp³-hybridized carbons (Fsp3) is 0.632. The second kappa shape index (κ2) is 9.93. The van der Waals surface area contributed by atoms with E-state index in [1.54, 1.807) is 0 Å². The van der Waals surface area contributed by atoms with Crippen LogP contribution in [-0.4, -0.2) is 116 Å². The number of carbonyl (C=O) groups is 1. The minimum Gasteiger partial charge on any atom is -0.456 e. The molecule has 2 aliphatic rings. The summed E-state index contributed by atoms with van der Waals surface area (Å²) in [6.45, 7) is -2.29. The number of nitrogen functional groups attached to an aromatic ring is 1. The molecular weight excluding hydrogens is 434 g/mol. The van der Waals surface area contributed by atoms with E-state index in [1.807, 2.05) is 0 Å². The highest BCUT2D eigenvalue weighted by atomic mass is 16.8. The first-order valence-corrected chi connectivity index (χ1v) is 9.79. The number of hydrogen-bond donors (Lipinski definition) is 8. The van der Waals surface area contributed by atoms with Crippen molar-refractivity contribution >= 4 is 11.7 Å². The predicted octanol–water partition coefficient (Wildman–Crippen LogP) is -3.95. The summed E-state index contributed by atoms with van der Waals surface area (Å²) in [7, 11) is 0. The standard InChI is InChI=1S/C19H27NO12/c20-9-3-1-8(2-4-9)17(28)29-7-19(16(27)13(24)11(6-22)31-19)32-18-15(26)14(25)12(23)10(5-21)30-18/h1-4,10-16,18,21-27H,5-7,20H2/t10-,11-,12-,13-,14+,15-,16+,18-,19+/m1/s1. The Labute approximate surface area is 182 Å². The molecule has 0 bridgehead atoms. The molecule has 9 atom stereocenters. The second-order valence-electron chi connectivity index (χ2n) is 7.60. The molecule has 180 valence electrons. The summed E-state index contributed by atoms with van der Waals surface area (Å²) >= 11 is 0. The summed E-state index contributed by atoms with van der Waals surface area (Å²) in [5, 5.41) is 69.7. The summed E-state index contributed by atoms with van der Waals surface area (Å²) in [6, 6.07) is 5.70. The molecule has 0 spiro atoms. The molecule has 13 nitrogen and oxygen atoms in total. The van der Waals surface area contributed by atoms with Crippen molar-refractivity contribution in [3.63, 3.8) is 0 Å². The SMILES string of the molecule is Nc1ccc(C(=O)OC[C@@]2(O[C@H]3O[C@H](CO)[C@@H](O)[C@H](O)[C@H]3O)O[C@H](CO)[C@@H](O)[C@@H]2O)cc1. The monoisotopic (exact) mass is 461 g/mol. The lowest BCUT2D eigenvalue weighted by molar-refractivity contribution is -0.383. The first-order chi connectivity index (χ1) is 15.1. The molecule has 0 aliphatic carbocycles. The van der Waals surface area contributed by atoms with Gasteiger partial charge in [0.15, 0.2) is 6.29 Å². The average molecular weight is 461 g/mol. The third kappa shape index (κ3) is 4.72. The molecule has 2 fully saturated rings. The number of nitrogens with two attached hydrogens (primary N) is 1. The number of benzene rings is 1. The van der Waals surface area contributed by atoms with Gasteiger partial charge in [-0.15, -0.1) is 0 Å².